The lowest BCUT2D eigenvalue weighted by Crippen LogP contribution is -2.16. The Bertz CT molecular complexity index is 618. The topological polar surface area (TPSA) is 62.9 Å². The number of carboxylic acid groups (broad SMARTS) is 1. The lowest BCUT2D eigenvalue weighted by molar-refractivity contribution is 0.0661. The van der Waals surface area contributed by atoms with Gasteiger partial charge in [0.05, 0.1) is 7.11 Å². The molecule has 1 aromatic heterocycles. The van der Waals surface area contributed by atoms with Gasteiger partial charge in [0.25, 0.3) is 0 Å². The van der Waals surface area contributed by atoms with Gasteiger partial charge in [-0.3, -0.25) is 0 Å². The Morgan fingerprint density at radius 2 is 2.15 bits per heavy atom. The summed E-state index contributed by atoms with van der Waals surface area (Å²) in [7, 11) is 3.56. The Balaban J connectivity index is 2.18. The van der Waals surface area contributed by atoms with Crippen molar-refractivity contribution in [2.24, 2.45) is 0 Å². The van der Waals surface area contributed by atoms with Gasteiger partial charge in [0.1, 0.15) is 11.5 Å². The maximum Gasteiger partial charge on any atom is 0.371 e. The lowest BCUT2D eigenvalue weighted by Gasteiger charge is -2.19. The van der Waals surface area contributed by atoms with Crippen molar-refractivity contribution >= 4 is 11.7 Å². The van der Waals surface area contributed by atoms with Crippen LogP contribution in [0.3, 0.4) is 0 Å². The fourth-order valence-corrected chi connectivity index (χ4v) is 1.98. The number of furan rings is 1. The number of methoxy groups -OCH3 is 1. The molecule has 0 amide bonds. The molecule has 0 unspecified atom stereocenters. The molecule has 0 fully saturated rings. The maximum atomic E-state index is 10.9. The van der Waals surface area contributed by atoms with Gasteiger partial charge < -0.3 is 19.2 Å². The van der Waals surface area contributed by atoms with Crippen molar-refractivity contribution in [1.29, 1.82) is 0 Å². The second kappa shape index (κ2) is 5.69. The van der Waals surface area contributed by atoms with Crippen LogP contribution in [0.1, 0.15) is 21.9 Å². The molecule has 0 saturated carbocycles. The Labute approximate surface area is 117 Å². The SMILES string of the molecule is COc1cccc(N(C)Cc2cc(C(=O)O)oc2C)c1. The van der Waals surface area contributed by atoms with Crippen LogP contribution in [0.25, 0.3) is 0 Å². The number of hydrogen-bond acceptors (Lipinski definition) is 4. The van der Waals surface area contributed by atoms with E-state index in [4.69, 9.17) is 14.3 Å². The van der Waals surface area contributed by atoms with E-state index in [1.807, 2.05) is 36.2 Å². The molecule has 0 aliphatic heterocycles. The third kappa shape index (κ3) is 2.93. The molecular formula is C15H17NO4. The summed E-state index contributed by atoms with van der Waals surface area (Å²) in [6, 6.07) is 9.25. The Kier molecular flexibility index (Phi) is 3.98. The first-order chi connectivity index (χ1) is 9.51. The van der Waals surface area contributed by atoms with Crippen LogP contribution < -0.4 is 9.64 Å². The zero-order valence-electron chi connectivity index (χ0n) is 11.7. The summed E-state index contributed by atoms with van der Waals surface area (Å²) in [4.78, 5) is 12.9. The molecule has 1 aromatic carbocycles. The van der Waals surface area contributed by atoms with Crippen LogP contribution >= 0.6 is 0 Å². The molecule has 0 aliphatic rings. The number of nitrogens with zero attached hydrogens (tertiary/aromatic N) is 1. The lowest BCUT2D eigenvalue weighted by atomic mass is 10.2. The molecule has 0 aliphatic carbocycles. The molecular weight excluding hydrogens is 258 g/mol. The highest BCUT2D eigenvalue weighted by Gasteiger charge is 2.14. The first-order valence-electron chi connectivity index (χ1n) is 6.19. The molecule has 106 valence electrons. The molecule has 0 bridgehead atoms. The van der Waals surface area contributed by atoms with Crippen molar-refractivity contribution in [3.8, 4) is 5.75 Å². The highest BCUT2D eigenvalue weighted by Crippen LogP contribution is 2.23. The van der Waals surface area contributed by atoms with E-state index in [2.05, 4.69) is 0 Å². The second-order valence-corrected chi connectivity index (χ2v) is 4.55. The summed E-state index contributed by atoms with van der Waals surface area (Å²) in [5.74, 6) is 0.321. The minimum Gasteiger partial charge on any atom is -0.497 e. The monoisotopic (exact) mass is 275 g/mol. The van der Waals surface area contributed by atoms with Gasteiger partial charge in [-0.05, 0) is 25.1 Å². The van der Waals surface area contributed by atoms with E-state index >= 15 is 0 Å². The van der Waals surface area contributed by atoms with Crippen LogP contribution in [0, 0.1) is 6.92 Å². The van der Waals surface area contributed by atoms with Gasteiger partial charge in [0.2, 0.25) is 5.76 Å². The van der Waals surface area contributed by atoms with E-state index in [0.717, 1.165) is 17.0 Å². The Morgan fingerprint density at radius 1 is 1.40 bits per heavy atom. The summed E-state index contributed by atoms with van der Waals surface area (Å²) in [5.41, 5.74) is 1.84. The smallest absolute Gasteiger partial charge is 0.371 e. The van der Waals surface area contributed by atoms with Crippen LogP contribution in [-0.2, 0) is 6.54 Å². The molecule has 1 heterocycles. The molecule has 0 spiro atoms. The van der Waals surface area contributed by atoms with E-state index in [1.54, 1.807) is 20.1 Å². The zero-order chi connectivity index (χ0) is 14.7. The summed E-state index contributed by atoms with van der Waals surface area (Å²) >= 11 is 0. The zero-order valence-corrected chi connectivity index (χ0v) is 11.7. The highest BCUT2D eigenvalue weighted by atomic mass is 16.5. The first-order valence-corrected chi connectivity index (χ1v) is 6.19. The molecule has 5 heteroatoms. The fourth-order valence-electron chi connectivity index (χ4n) is 1.98. The van der Waals surface area contributed by atoms with Crippen molar-refractivity contribution in [2.75, 3.05) is 19.1 Å². The van der Waals surface area contributed by atoms with Gasteiger partial charge in [-0.25, -0.2) is 4.79 Å². The van der Waals surface area contributed by atoms with E-state index in [1.165, 1.54) is 0 Å². The number of rotatable bonds is 5. The van der Waals surface area contributed by atoms with Crippen molar-refractivity contribution < 1.29 is 19.1 Å². The van der Waals surface area contributed by atoms with Gasteiger partial charge in [0, 0.05) is 30.9 Å². The second-order valence-electron chi connectivity index (χ2n) is 4.55. The van der Waals surface area contributed by atoms with Gasteiger partial charge in [0.15, 0.2) is 0 Å². The number of aryl methyl sites for hydroxylation is 1. The van der Waals surface area contributed by atoms with E-state index in [0.29, 0.717) is 12.3 Å². The van der Waals surface area contributed by atoms with Crippen molar-refractivity contribution in [3.05, 3.63) is 47.4 Å². The quantitative estimate of drug-likeness (QED) is 0.909. The van der Waals surface area contributed by atoms with E-state index in [9.17, 15) is 4.79 Å². The van der Waals surface area contributed by atoms with Crippen LogP contribution in [0.15, 0.2) is 34.7 Å². The standard InChI is InChI=1S/C15H17NO4/c1-10-11(7-14(20-10)15(17)18)9-16(2)12-5-4-6-13(8-12)19-3/h4-8H,9H2,1-3H3,(H,17,18). The van der Waals surface area contributed by atoms with Gasteiger partial charge in [-0.2, -0.15) is 0 Å². The third-order valence-electron chi connectivity index (χ3n) is 3.13. The fraction of sp³-hybridized carbons (Fsp3) is 0.267. The van der Waals surface area contributed by atoms with Crippen LogP contribution in [0.5, 0.6) is 5.75 Å². The molecule has 2 aromatic rings. The predicted molar refractivity (Wildman–Crippen MR) is 75.5 cm³/mol. The number of benzene rings is 1. The van der Waals surface area contributed by atoms with E-state index in [-0.39, 0.29) is 5.76 Å². The molecule has 20 heavy (non-hydrogen) atoms. The number of carbonyl (C=O) groups is 1. The van der Waals surface area contributed by atoms with Gasteiger partial charge >= 0.3 is 5.97 Å². The number of carboxylic acids is 1. The number of aromatic carboxylic acids is 1. The van der Waals surface area contributed by atoms with Crippen LogP contribution in [0.4, 0.5) is 5.69 Å². The molecule has 1 N–H and O–H groups in total. The number of ether oxygens (including phenoxy) is 1. The molecule has 0 saturated heterocycles. The minimum absolute atomic E-state index is 0.0310. The average Bonchev–Trinajstić information content (AvgIpc) is 2.80. The minimum atomic E-state index is -1.05. The maximum absolute atomic E-state index is 10.9. The highest BCUT2D eigenvalue weighted by molar-refractivity contribution is 5.84. The number of anilines is 1. The molecule has 5 nitrogen and oxygen atoms in total. The normalized spacial score (nSPS) is 10.3. The average molecular weight is 275 g/mol. The Hall–Kier alpha value is -2.43. The van der Waals surface area contributed by atoms with Crippen molar-refractivity contribution in [3.63, 3.8) is 0 Å². The van der Waals surface area contributed by atoms with Crippen molar-refractivity contribution in [2.45, 2.75) is 13.5 Å². The summed E-state index contributed by atoms with van der Waals surface area (Å²) < 4.78 is 10.4. The third-order valence-corrected chi connectivity index (χ3v) is 3.13. The molecule has 2 rings (SSSR count). The summed E-state index contributed by atoms with van der Waals surface area (Å²) in [6.07, 6.45) is 0. The van der Waals surface area contributed by atoms with Gasteiger partial charge in [-0.1, -0.05) is 6.07 Å². The predicted octanol–water partition coefficient (Wildman–Crippen LogP) is 2.93. The first kappa shape index (κ1) is 14.0. The molecule has 0 radical (unpaired) electrons. The molecule has 0 atom stereocenters. The van der Waals surface area contributed by atoms with Crippen LogP contribution in [0.2, 0.25) is 0 Å². The Morgan fingerprint density at radius 3 is 2.75 bits per heavy atom. The summed E-state index contributed by atoms with van der Waals surface area (Å²) in [6.45, 7) is 2.33. The van der Waals surface area contributed by atoms with Crippen molar-refractivity contribution in [1.82, 2.24) is 0 Å². The number of hydrogen-bond donors (Lipinski definition) is 1. The largest absolute Gasteiger partial charge is 0.497 e. The van der Waals surface area contributed by atoms with E-state index < -0.39 is 5.97 Å². The van der Waals surface area contributed by atoms with Gasteiger partial charge in [-0.15, -0.1) is 0 Å². The summed E-state index contributed by atoms with van der Waals surface area (Å²) in [5, 5.41) is 8.92. The van der Waals surface area contributed by atoms with Crippen LogP contribution in [-0.4, -0.2) is 25.2 Å².